The molecule has 39 heavy (non-hydrogen) atoms. The van der Waals surface area contributed by atoms with Crippen molar-refractivity contribution in [2.45, 2.75) is 11.4 Å². The summed E-state index contributed by atoms with van der Waals surface area (Å²) >= 11 is 0. The zero-order chi connectivity index (χ0) is 27.8. The van der Waals surface area contributed by atoms with Gasteiger partial charge in [-0.25, -0.2) is 8.42 Å². The first-order chi connectivity index (χ1) is 18.8. The number of amides is 2. The fraction of sp³-hybridized carbons (Fsp3) is 0.0714. The van der Waals surface area contributed by atoms with E-state index in [2.05, 4.69) is 10.6 Å². The van der Waals surface area contributed by atoms with Crippen LogP contribution in [0.5, 0.6) is 0 Å². The van der Waals surface area contributed by atoms with E-state index in [0.29, 0.717) is 0 Å². The molecule has 0 saturated heterocycles. The lowest BCUT2D eigenvalue weighted by Crippen LogP contribution is -2.38. The van der Waals surface area contributed by atoms with Crippen LogP contribution in [0, 0.1) is 10.1 Å². The molecule has 0 unspecified atom stereocenters. The van der Waals surface area contributed by atoms with Crippen molar-refractivity contribution in [3.05, 3.63) is 130 Å². The molecule has 0 heterocycles. The van der Waals surface area contributed by atoms with Crippen LogP contribution in [0.15, 0.2) is 114 Å². The molecule has 0 atom stereocenters. The number of sulfonamides is 1. The number of hydrogen-bond donors (Lipinski definition) is 2. The van der Waals surface area contributed by atoms with E-state index in [4.69, 9.17) is 0 Å². The average Bonchev–Trinajstić information content (AvgIpc) is 2.96. The first-order valence-electron chi connectivity index (χ1n) is 11.8. The zero-order valence-electron chi connectivity index (χ0n) is 20.6. The molecular weight excluding hydrogens is 520 g/mol. The highest BCUT2D eigenvalue weighted by Gasteiger charge is 2.33. The molecular formula is C28H24N4O6S. The maximum atomic E-state index is 13.6. The van der Waals surface area contributed by atoms with Gasteiger partial charge in [0.05, 0.1) is 21.9 Å². The molecule has 2 amide bonds. The molecule has 4 rings (SSSR count). The second-order valence-electron chi connectivity index (χ2n) is 8.33. The molecule has 11 heteroatoms. The van der Waals surface area contributed by atoms with Crippen LogP contribution < -0.4 is 14.9 Å². The fourth-order valence-electron chi connectivity index (χ4n) is 3.84. The van der Waals surface area contributed by atoms with Crippen LogP contribution in [0.1, 0.15) is 15.9 Å². The summed E-state index contributed by atoms with van der Waals surface area (Å²) in [5, 5.41) is 17.0. The number of nitro benzene ring substituents is 1. The third kappa shape index (κ3) is 6.46. The molecule has 198 valence electrons. The molecule has 0 bridgehead atoms. The van der Waals surface area contributed by atoms with Crippen LogP contribution >= 0.6 is 0 Å². The molecule has 0 aliphatic rings. The summed E-state index contributed by atoms with van der Waals surface area (Å²) in [5.74, 6) is -1.17. The highest BCUT2D eigenvalue weighted by Crippen LogP contribution is 2.29. The smallest absolute Gasteiger partial charge is 0.289 e. The van der Waals surface area contributed by atoms with Crippen molar-refractivity contribution in [2.24, 2.45) is 0 Å². The Bertz CT molecular complexity index is 1590. The fourth-order valence-corrected chi connectivity index (χ4v) is 5.42. The molecule has 0 radical (unpaired) electrons. The molecule has 0 spiro atoms. The van der Waals surface area contributed by atoms with E-state index < -0.39 is 43.9 Å². The summed E-state index contributed by atoms with van der Waals surface area (Å²) in [6.45, 7) is -0.420. The third-order valence-corrected chi connectivity index (χ3v) is 7.52. The number of nitrogens with one attached hydrogen (secondary N) is 2. The molecule has 4 aromatic rings. The minimum absolute atomic E-state index is 0.139. The van der Waals surface area contributed by atoms with Gasteiger partial charge in [-0.3, -0.25) is 24.0 Å². The number of para-hydroxylation sites is 3. The van der Waals surface area contributed by atoms with Crippen molar-refractivity contribution in [2.75, 3.05) is 16.2 Å². The Morgan fingerprint density at radius 2 is 1.38 bits per heavy atom. The highest BCUT2D eigenvalue weighted by atomic mass is 32.2. The van der Waals surface area contributed by atoms with Gasteiger partial charge in [-0.15, -0.1) is 0 Å². The first-order valence-corrected chi connectivity index (χ1v) is 13.2. The summed E-state index contributed by atoms with van der Waals surface area (Å²) in [6, 6.07) is 28.4. The summed E-state index contributed by atoms with van der Waals surface area (Å²) in [5.41, 5.74) is 0.795. The van der Waals surface area contributed by atoms with Gasteiger partial charge < -0.3 is 10.6 Å². The summed E-state index contributed by atoms with van der Waals surface area (Å²) < 4.78 is 28.0. The van der Waals surface area contributed by atoms with Gasteiger partial charge in [-0.1, -0.05) is 72.8 Å². The molecule has 0 aliphatic heterocycles. The lowest BCUT2D eigenvalue weighted by Gasteiger charge is -2.24. The predicted molar refractivity (Wildman–Crippen MR) is 147 cm³/mol. The number of rotatable bonds is 10. The van der Waals surface area contributed by atoms with Crippen molar-refractivity contribution in [3.8, 4) is 0 Å². The van der Waals surface area contributed by atoms with Crippen molar-refractivity contribution in [1.29, 1.82) is 0 Å². The van der Waals surface area contributed by atoms with E-state index in [9.17, 15) is 28.1 Å². The lowest BCUT2D eigenvalue weighted by molar-refractivity contribution is -0.387. The number of benzene rings is 4. The molecule has 0 fully saturated rings. The molecule has 4 aromatic carbocycles. The second kappa shape index (κ2) is 12.0. The number of carbonyl (C=O) groups is 2. The number of carbonyl (C=O) groups excluding carboxylic acids is 2. The van der Waals surface area contributed by atoms with Crippen LogP contribution in [0.3, 0.4) is 0 Å². The lowest BCUT2D eigenvalue weighted by atomic mass is 10.1. The second-order valence-corrected chi connectivity index (χ2v) is 10.2. The van der Waals surface area contributed by atoms with E-state index >= 15 is 0 Å². The third-order valence-electron chi connectivity index (χ3n) is 5.70. The number of hydrogen-bond acceptors (Lipinski definition) is 6. The van der Waals surface area contributed by atoms with Crippen LogP contribution in [-0.4, -0.2) is 31.7 Å². The number of nitrogens with zero attached hydrogens (tertiary/aromatic N) is 2. The largest absolute Gasteiger partial charge is 0.348 e. The Hall–Kier alpha value is -5.03. The van der Waals surface area contributed by atoms with Crippen LogP contribution in [-0.2, 0) is 21.4 Å². The van der Waals surface area contributed by atoms with Crippen molar-refractivity contribution >= 4 is 38.9 Å². The Morgan fingerprint density at radius 3 is 2.08 bits per heavy atom. The molecule has 0 saturated carbocycles. The average molecular weight is 545 g/mol. The van der Waals surface area contributed by atoms with Crippen molar-refractivity contribution in [3.63, 3.8) is 0 Å². The van der Waals surface area contributed by atoms with Crippen LogP contribution in [0.25, 0.3) is 0 Å². The van der Waals surface area contributed by atoms with Crippen molar-refractivity contribution < 1.29 is 22.9 Å². The van der Waals surface area contributed by atoms with Crippen LogP contribution in [0.2, 0.25) is 0 Å². The normalized spacial score (nSPS) is 10.9. The van der Waals surface area contributed by atoms with E-state index in [0.717, 1.165) is 22.0 Å². The summed E-state index contributed by atoms with van der Waals surface area (Å²) in [4.78, 5) is 36.2. The van der Waals surface area contributed by atoms with E-state index in [1.165, 1.54) is 36.4 Å². The maximum absolute atomic E-state index is 13.6. The maximum Gasteiger partial charge on any atom is 0.289 e. The van der Waals surface area contributed by atoms with Gasteiger partial charge in [0.25, 0.3) is 21.6 Å². The first kappa shape index (κ1) is 27.0. The minimum atomic E-state index is -4.53. The summed E-state index contributed by atoms with van der Waals surface area (Å²) in [7, 11) is -4.53. The number of anilines is 2. The topological polar surface area (TPSA) is 139 Å². The molecule has 2 N–H and O–H groups in total. The monoisotopic (exact) mass is 544 g/mol. The Morgan fingerprint density at radius 1 is 0.795 bits per heavy atom. The zero-order valence-corrected chi connectivity index (χ0v) is 21.4. The van der Waals surface area contributed by atoms with Gasteiger partial charge in [-0.05, 0) is 35.9 Å². The van der Waals surface area contributed by atoms with E-state index in [1.54, 1.807) is 30.3 Å². The Balaban J connectivity index is 1.59. The van der Waals surface area contributed by atoms with Gasteiger partial charge in [-0.2, -0.15) is 0 Å². The molecule has 0 aromatic heterocycles. The number of nitro groups is 1. The molecule has 0 aliphatic carbocycles. The highest BCUT2D eigenvalue weighted by molar-refractivity contribution is 7.93. The van der Waals surface area contributed by atoms with Gasteiger partial charge in [0.2, 0.25) is 5.91 Å². The quantitative estimate of drug-likeness (QED) is 0.225. The van der Waals surface area contributed by atoms with Gasteiger partial charge in [0.15, 0.2) is 4.90 Å². The Labute approximate surface area is 225 Å². The van der Waals surface area contributed by atoms with Crippen molar-refractivity contribution in [1.82, 2.24) is 5.32 Å². The standard InChI is InChI=1S/C28H24N4O6S/c33-27(30-24-16-8-7-15-23(24)28(34)29-19-21-11-3-1-4-12-21)20-31(22-13-5-2-6-14-22)39(37,38)26-18-10-9-17-25(26)32(35)36/h1-18H,19-20H2,(H,29,34)(H,30,33). The van der Waals surface area contributed by atoms with Gasteiger partial charge in [0.1, 0.15) is 6.54 Å². The predicted octanol–water partition coefficient (Wildman–Crippen LogP) is 4.36. The Kier molecular flexibility index (Phi) is 8.32. The minimum Gasteiger partial charge on any atom is -0.348 e. The molecule has 10 nitrogen and oxygen atoms in total. The van der Waals surface area contributed by atoms with Gasteiger partial charge >= 0.3 is 0 Å². The van der Waals surface area contributed by atoms with E-state index in [1.807, 2.05) is 30.3 Å². The SMILES string of the molecule is O=C(CN(c1ccccc1)S(=O)(=O)c1ccccc1[N+](=O)[O-])Nc1ccccc1C(=O)NCc1ccccc1. The van der Waals surface area contributed by atoms with Gasteiger partial charge in [0, 0.05) is 12.6 Å². The summed E-state index contributed by atoms with van der Waals surface area (Å²) in [6.07, 6.45) is 0. The van der Waals surface area contributed by atoms with E-state index in [-0.39, 0.29) is 23.5 Å². The van der Waals surface area contributed by atoms with Crippen LogP contribution in [0.4, 0.5) is 17.1 Å².